The van der Waals surface area contributed by atoms with E-state index in [9.17, 15) is 4.79 Å². The second kappa shape index (κ2) is 7.62. The number of hydrogen-bond donors (Lipinski definition) is 2. The molecule has 0 unspecified atom stereocenters. The van der Waals surface area contributed by atoms with E-state index in [4.69, 9.17) is 11.6 Å². The van der Waals surface area contributed by atoms with Crippen molar-refractivity contribution in [3.63, 3.8) is 0 Å². The Morgan fingerprint density at radius 3 is 2.44 bits per heavy atom. The van der Waals surface area contributed by atoms with E-state index in [1.807, 2.05) is 39.1 Å². The van der Waals surface area contributed by atoms with Crippen molar-refractivity contribution < 1.29 is 4.79 Å². The highest BCUT2D eigenvalue weighted by atomic mass is 35.5. The van der Waals surface area contributed by atoms with Crippen molar-refractivity contribution in [3.8, 4) is 0 Å². The standard InChI is InChI=1S/C13H19ClN2O.ClH/c1-13(2,12(17)16-9-8-15-3)10-6-4-5-7-11(10)14;/h4-7,15H,8-9H2,1-3H3,(H,16,17);1H. The van der Waals surface area contributed by atoms with E-state index in [1.165, 1.54) is 0 Å². The number of likely N-dealkylation sites (N-methyl/N-ethyl adjacent to an activating group) is 1. The predicted octanol–water partition coefficient (Wildman–Crippen LogP) is 2.38. The highest BCUT2D eigenvalue weighted by Gasteiger charge is 2.31. The molecular weight excluding hydrogens is 271 g/mol. The first-order valence-electron chi connectivity index (χ1n) is 5.68. The third-order valence-corrected chi connectivity index (χ3v) is 3.11. The Balaban J connectivity index is 0.00000289. The SMILES string of the molecule is CNCCNC(=O)C(C)(C)c1ccccc1Cl.Cl. The minimum Gasteiger partial charge on any atom is -0.354 e. The van der Waals surface area contributed by atoms with E-state index in [1.54, 1.807) is 6.07 Å². The van der Waals surface area contributed by atoms with Gasteiger partial charge in [0.25, 0.3) is 0 Å². The summed E-state index contributed by atoms with van der Waals surface area (Å²) in [6.07, 6.45) is 0. The maximum absolute atomic E-state index is 12.1. The van der Waals surface area contributed by atoms with Gasteiger partial charge in [0.1, 0.15) is 0 Å². The van der Waals surface area contributed by atoms with Gasteiger partial charge in [-0.15, -0.1) is 12.4 Å². The molecule has 0 spiro atoms. The number of carbonyl (C=O) groups is 1. The minimum atomic E-state index is -0.619. The van der Waals surface area contributed by atoms with Crippen molar-refractivity contribution >= 4 is 29.9 Å². The molecule has 0 saturated carbocycles. The van der Waals surface area contributed by atoms with Gasteiger partial charge < -0.3 is 10.6 Å². The normalized spacial score (nSPS) is 10.7. The van der Waals surface area contributed by atoms with Crippen LogP contribution in [0.25, 0.3) is 0 Å². The summed E-state index contributed by atoms with van der Waals surface area (Å²) in [5, 5.41) is 6.50. The lowest BCUT2D eigenvalue weighted by molar-refractivity contribution is -0.125. The maximum atomic E-state index is 12.1. The van der Waals surface area contributed by atoms with Gasteiger partial charge in [-0.3, -0.25) is 4.79 Å². The molecular formula is C13H20Cl2N2O. The Hall–Kier alpha value is -0.770. The molecule has 3 nitrogen and oxygen atoms in total. The number of hydrogen-bond acceptors (Lipinski definition) is 2. The number of amides is 1. The average molecular weight is 291 g/mol. The average Bonchev–Trinajstić information content (AvgIpc) is 2.29. The highest BCUT2D eigenvalue weighted by Crippen LogP contribution is 2.29. The zero-order chi connectivity index (χ0) is 12.9. The molecule has 5 heteroatoms. The molecule has 0 heterocycles. The van der Waals surface area contributed by atoms with E-state index in [2.05, 4.69) is 10.6 Å². The first kappa shape index (κ1) is 17.2. The molecule has 0 aliphatic heterocycles. The number of rotatable bonds is 5. The van der Waals surface area contributed by atoms with Crippen LogP contribution in [0, 0.1) is 0 Å². The molecule has 1 rings (SSSR count). The lowest BCUT2D eigenvalue weighted by Gasteiger charge is -2.25. The minimum absolute atomic E-state index is 0. The fraction of sp³-hybridized carbons (Fsp3) is 0.462. The van der Waals surface area contributed by atoms with E-state index in [0.29, 0.717) is 11.6 Å². The summed E-state index contributed by atoms with van der Waals surface area (Å²) in [5.41, 5.74) is 0.232. The largest absolute Gasteiger partial charge is 0.354 e. The Kier molecular flexibility index (Phi) is 7.29. The van der Waals surface area contributed by atoms with Crippen LogP contribution in [0.15, 0.2) is 24.3 Å². The summed E-state index contributed by atoms with van der Waals surface area (Å²) in [7, 11) is 1.85. The van der Waals surface area contributed by atoms with Crippen LogP contribution in [-0.2, 0) is 10.2 Å². The Morgan fingerprint density at radius 2 is 1.89 bits per heavy atom. The summed E-state index contributed by atoms with van der Waals surface area (Å²) in [4.78, 5) is 12.1. The van der Waals surface area contributed by atoms with Gasteiger partial charge in [0.05, 0.1) is 5.41 Å². The number of halogens is 2. The van der Waals surface area contributed by atoms with Crippen molar-refractivity contribution in [1.29, 1.82) is 0 Å². The molecule has 0 aromatic heterocycles. The van der Waals surface area contributed by atoms with E-state index < -0.39 is 5.41 Å². The van der Waals surface area contributed by atoms with Crippen LogP contribution < -0.4 is 10.6 Å². The fourth-order valence-electron chi connectivity index (χ4n) is 1.61. The Labute approximate surface area is 120 Å². The zero-order valence-electron chi connectivity index (χ0n) is 10.9. The molecule has 0 fully saturated rings. The quantitative estimate of drug-likeness (QED) is 0.818. The van der Waals surface area contributed by atoms with Crippen molar-refractivity contribution in [2.24, 2.45) is 0 Å². The predicted molar refractivity (Wildman–Crippen MR) is 78.7 cm³/mol. The molecule has 2 N–H and O–H groups in total. The van der Waals surface area contributed by atoms with Crippen LogP contribution in [0.2, 0.25) is 5.02 Å². The number of benzene rings is 1. The molecule has 1 aromatic rings. The van der Waals surface area contributed by atoms with Crippen LogP contribution in [0.1, 0.15) is 19.4 Å². The summed E-state index contributed by atoms with van der Waals surface area (Å²) in [6, 6.07) is 7.45. The Morgan fingerprint density at radius 1 is 1.28 bits per heavy atom. The van der Waals surface area contributed by atoms with Gasteiger partial charge in [0, 0.05) is 18.1 Å². The van der Waals surface area contributed by atoms with Crippen molar-refractivity contribution in [3.05, 3.63) is 34.9 Å². The van der Waals surface area contributed by atoms with Crippen LogP contribution in [0.3, 0.4) is 0 Å². The van der Waals surface area contributed by atoms with Gasteiger partial charge in [-0.2, -0.15) is 0 Å². The van der Waals surface area contributed by atoms with Gasteiger partial charge in [-0.1, -0.05) is 29.8 Å². The lowest BCUT2D eigenvalue weighted by Crippen LogP contribution is -2.42. The van der Waals surface area contributed by atoms with Gasteiger partial charge >= 0.3 is 0 Å². The summed E-state index contributed by atoms with van der Waals surface area (Å²) in [6.45, 7) is 5.12. The first-order valence-corrected chi connectivity index (χ1v) is 6.06. The lowest BCUT2D eigenvalue weighted by atomic mass is 9.83. The topological polar surface area (TPSA) is 41.1 Å². The molecule has 0 bridgehead atoms. The van der Waals surface area contributed by atoms with Crippen LogP contribution in [0.5, 0.6) is 0 Å². The second-order valence-corrected chi connectivity index (χ2v) is 4.87. The smallest absolute Gasteiger partial charge is 0.230 e. The van der Waals surface area contributed by atoms with Gasteiger partial charge in [-0.05, 0) is 32.5 Å². The van der Waals surface area contributed by atoms with Crippen LogP contribution in [0.4, 0.5) is 0 Å². The van der Waals surface area contributed by atoms with Gasteiger partial charge in [0.2, 0.25) is 5.91 Å². The van der Waals surface area contributed by atoms with Crippen LogP contribution >= 0.6 is 24.0 Å². The summed E-state index contributed by atoms with van der Waals surface area (Å²) >= 11 is 6.12. The molecule has 1 amide bonds. The van der Waals surface area contributed by atoms with E-state index >= 15 is 0 Å². The third-order valence-electron chi connectivity index (χ3n) is 2.78. The molecule has 0 saturated heterocycles. The number of carbonyl (C=O) groups excluding carboxylic acids is 1. The molecule has 102 valence electrons. The van der Waals surface area contributed by atoms with E-state index in [0.717, 1.165) is 12.1 Å². The Bertz CT molecular complexity index is 394. The summed E-state index contributed by atoms with van der Waals surface area (Å²) < 4.78 is 0. The summed E-state index contributed by atoms with van der Waals surface area (Å²) in [5.74, 6) is -0.0131. The van der Waals surface area contributed by atoms with Crippen molar-refractivity contribution in [1.82, 2.24) is 10.6 Å². The monoisotopic (exact) mass is 290 g/mol. The molecule has 0 aliphatic carbocycles. The number of nitrogens with one attached hydrogen (secondary N) is 2. The fourth-order valence-corrected chi connectivity index (χ4v) is 1.98. The van der Waals surface area contributed by atoms with Gasteiger partial charge in [0.15, 0.2) is 0 Å². The van der Waals surface area contributed by atoms with E-state index in [-0.39, 0.29) is 18.3 Å². The molecule has 18 heavy (non-hydrogen) atoms. The third kappa shape index (κ3) is 4.16. The highest BCUT2D eigenvalue weighted by molar-refractivity contribution is 6.31. The molecule has 1 aromatic carbocycles. The maximum Gasteiger partial charge on any atom is 0.230 e. The van der Waals surface area contributed by atoms with Crippen LogP contribution in [-0.4, -0.2) is 26.0 Å². The first-order chi connectivity index (χ1) is 8.00. The second-order valence-electron chi connectivity index (χ2n) is 4.46. The zero-order valence-corrected chi connectivity index (χ0v) is 12.5. The van der Waals surface area contributed by atoms with Crippen molar-refractivity contribution in [2.45, 2.75) is 19.3 Å². The molecule has 0 atom stereocenters. The van der Waals surface area contributed by atoms with Gasteiger partial charge in [-0.25, -0.2) is 0 Å². The van der Waals surface area contributed by atoms with Crippen molar-refractivity contribution in [2.75, 3.05) is 20.1 Å². The molecule has 0 aliphatic rings. The molecule has 0 radical (unpaired) electrons.